The Morgan fingerprint density at radius 1 is 1.00 bits per heavy atom. The van der Waals surface area contributed by atoms with Gasteiger partial charge in [-0.1, -0.05) is 18.2 Å². The molecule has 3 aromatic rings. The Labute approximate surface area is 142 Å². The smallest absolute Gasteiger partial charge is 0.328 e. The van der Waals surface area contributed by atoms with E-state index in [-0.39, 0.29) is 5.56 Å². The number of hydrogen-bond donors (Lipinski definition) is 2. The van der Waals surface area contributed by atoms with Crippen molar-refractivity contribution in [1.82, 2.24) is 9.55 Å². The van der Waals surface area contributed by atoms with Gasteiger partial charge in [-0.05, 0) is 36.4 Å². The van der Waals surface area contributed by atoms with Crippen molar-refractivity contribution in [3.05, 3.63) is 87.2 Å². The summed E-state index contributed by atoms with van der Waals surface area (Å²) in [7, 11) is 1.30. The van der Waals surface area contributed by atoms with Crippen molar-refractivity contribution < 1.29 is 9.53 Å². The van der Waals surface area contributed by atoms with Gasteiger partial charge in [-0.25, -0.2) is 4.79 Å². The lowest BCUT2D eigenvalue weighted by Crippen LogP contribution is -2.37. The largest absolute Gasteiger partial charge is 0.457 e. The molecule has 2 aromatic carbocycles. The molecule has 1 amide bonds. The zero-order chi connectivity index (χ0) is 17.8. The number of aromatic amines is 1. The van der Waals surface area contributed by atoms with Gasteiger partial charge < -0.3 is 15.0 Å². The van der Waals surface area contributed by atoms with Crippen molar-refractivity contribution in [2.45, 2.75) is 0 Å². The van der Waals surface area contributed by atoms with E-state index in [1.165, 1.54) is 7.05 Å². The number of H-pyrrole nitrogens is 1. The zero-order valence-corrected chi connectivity index (χ0v) is 13.4. The number of nitrogens with one attached hydrogen (secondary N) is 2. The molecular formula is C18H15N3O4. The Bertz CT molecular complexity index is 1000. The van der Waals surface area contributed by atoms with Crippen molar-refractivity contribution in [2.24, 2.45) is 7.05 Å². The highest BCUT2D eigenvalue weighted by atomic mass is 16.5. The minimum atomic E-state index is -0.662. The molecule has 0 saturated heterocycles. The lowest BCUT2D eigenvalue weighted by atomic mass is 10.2. The zero-order valence-electron chi connectivity index (χ0n) is 13.4. The average molecular weight is 337 g/mol. The summed E-state index contributed by atoms with van der Waals surface area (Å²) in [5.41, 5.74) is -0.889. The molecule has 0 spiro atoms. The molecule has 3 rings (SSSR count). The Morgan fingerprint density at radius 3 is 2.32 bits per heavy atom. The first-order chi connectivity index (χ1) is 12.0. The van der Waals surface area contributed by atoms with Crippen LogP contribution in [-0.4, -0.2) is 15.5 Å². The summed E-state index contributed by atoms with van der Waals surface area (Å²) in [6.45, 7) is 0. The van der Waals surface area contributed by atoms with Gasteiger partial charge >= 0.3 is 5.69 Å². The van der Waals surface area contributed by atoms with Gasteiger partial charge in [0.15, 0.2) is 0 Å². The number of para-hydroxylation sites is 1. The van der Waals surface area contributed by atoms with Crippen LogP contribution in [0.4, 0.5) is 5.69 Å². The fourth-order valence-corrected chi connectivity index (χ4v) is 2.16. The standard InChI is InChI=1S/C18H15N3O4/c1-21-17(23)15(11-19-18(21)24)16(22)20-12-7-9-14(10-8-12)25-13-5-3-2-4-6-13/h2-11H,1H3,(H,19,24)(H,20,22). The third-order valence-electron chi connectivity index (χ3n) is 3.52. The number of hydrogen-bond acceptors (Lipinski definition) is 4. The molecule has 1 aromatic heterocycles. The van der Waals surface area contributed by atoms with Gasteiger partial charge in [0.2, 0.25) is 0 Å². The molecule has 0 aliphatic heterocycles. The van der Waals surface area contributed by atoms with Crippen LogP contribution >= 0.6 is 0 Å². The maximum atomic E-state index is 12.2. The summed E-state index contributed by atoms with van der Waals surface area (Å²) in [6, 6.07) is 16.0. The van der Waals surface area contributed by atoms with Crippen molar-refractivity contribution in [3.63, 3.8) is 0 Å². The van der Waals surface area contributed by atoms with Crippen molar-refractivity contribution in [3.8, 4) is 11.5 Å². The lowest BCUT2D eigenvalue weighted by Gasteiger charge is -2.08. The van der Waals surface area contributed by atoms with E-state index in [0.717, 1.165) is 10.8 Å². The molecule has 1 heterocycles. The molecule has 25 heavy (non-hydrogen) atoms. The van der Waals surface area contributed by atoms with Gasteiger partial charge in [0, 0.05) is 18.9 Å². The number of benzene rings is 2. The second-order valence-electron chi connectivity index (χ2n) is 5.27. The number of anilines is 1. The Kier molecular flexibility index (Phi) is 4.47. The summed E-state index contributed by atoms with van der Waals surface area (Å²) < 4.78 is 6.50. The predicted octanol–water partition coefficient (Wildman–Crippen LogP) is 2.12. The summed E-state index contributed by atoms with van der Waals surface area (Å²) >= 11 is 0. The van der Waals surface area contributed by atoms with E-state index in [1.54, 1.807) is 24.3 Å². The maximum absolute atomic E-state index is 12.2. The topological polar surface area (TPSA) is 93.2 Å². The Hall–Kier alpha value is -3.61. The van der Waals surface area contributed by atoms with Crippen LogP contribution in [0.15, 0.2) is 70.4 Å². The first-order valence-corrected chi connectivity index (χ1v) is 7.47. The minimum Gasteiger partial charge on any atom is -0.457 e. The summed E-state index contributed by atoms with van der Waals surface area (Å²) in [6.07, 6.45) is 1.10. The molecule has 0 radical (unpaired) electrons. The highest BCUT2D eigenvalue weighted by Crippen LogP contribution is 2.22. The molecule has 0 aliphatic carbocycles. The Balaban J connectivity index is 1.73. The average Bonchev–Trinajstić information content (AvgIpc) is 2.62. The van der Waals surface area contributed by atoms with Gasteiger partial charge in [-0.3, -0.25) is 14.2 Å². The molecule has 0 atom stereocenters. The van der Waals surface area contributed by atoms with Crippen LogP contribution in [0.1, 0.15) is 10.4 Å². The van der Waals surface area contributed by atoms with E-state index in [2.05, 4.69) is 10.3 Å². The fraction of sp³-hybridized carbons (Fsp3) is 0.0556. The van der Waals surface area contributed by atoms with E-state index in [1.807, 2.05) is 30.3 Å². The molecule has 126 valence electrons. The Morgan fingerprint density at radius 2 is 1.64 bits per heavy atom. The molecule has 2 N–H and O–H groups in total. The summed E-state index contributed by atoms with van der Waals surface area (Å²) in [5, 5.41) is 2.61. The molecule has 7 heteroatoms. The monoisotopic (exact) mass is 337 g/mol. The van der Waals surface area contributed by atoms with Crippen LogP contribution in [0.25, 0.3) is 0 Å². The highest BCUT2D eigenvalue weighted by molar-refractivity contribution is 6.03. The second-order valence-corrected chi connectivity index (χ2v) is 5.27. The first kappa shape index (κ1) is 16.3. The van der Waals surface area contributed by atoms with Crippen molar-refractivity contribution >= 4 is 11.6 Å². The molecule has 0 fully saturated rings. The number of carbonyl (C=O) groups excluding carboxylic acids is 1. The number of nitrogens with zero attached hydrogens (tertiary/aromatic N) is 1. The molecule has 7 nitrogen and oxygen atoms in total. The fourth-order valence-electron chi connectivity index (χ4n) is 2.16. The third kappa shape index (κ3) is 3.66. The highest BCUT2D eigenvalue weighted by Gasteiger charge is 2.13. The van der Waals surface area contributed by atoms with Crippen LogP contribution in [0.3, 0.4) is 0 Å². The SMILES string of the molecule is Cn1c(=O)[nH]cc(C(=O)Nc2ccc(Oc3ccccc3)cc2)c1=O. The number of carbonyl (C=O) groups is 1. The second kappa shape index (κ2) is 6.88. The summed E-state index contributed by atoms with van der Waals surface area (Å²) in [4.78, 5) is 37.8. The van der Waals surface area contributed by atoms with E-state index in [0.29, 0.717) is 17.2 Å². The van der Waals surface area contributed by atoms with Crippen molar-refractivity contribution in [1.29, 1.82) is 0 Å². The van der Waals surface area contributed by atoms with Gasteiger partial charge in [0.1, 0.15) is 17.1 Å². The molecular weight excluding hydrogens is 322 g/mol. The normalized spacial score (nSPS) is 10.3. The first-order valence-electron chi connectivity index (χ1n) is 7.47. The van der Waals surface area contributed by atoms with E-state index in [9.17, 15) is 14.4 Å². The number of rotatable bonds is 4. The minimum absolute atomic E-state index is 0.147. The third-order valence-corrected chi connectivity index (χ3v) is 3.52. The molecule has 0 aliphatic rings. The van der Waals surface area contributed by atoms with E-state index < -0.39 is 17.2 Å². The number of amides is 1. The van der Waals surface area contributed by atoms with Crippen molar-refractivity contribution in [2.75, 3.05) is 5.32 Å². The molecule has 0 saturated carbocycles. The van der Waals surface area contributed by atoms with Crippen LogP contribution in [0.5, 0.6) is 11.5 Å². The summed E-state index contributed by atoms with van der Waals surface area (Å²) in [5.74, 6) is 0.716. The van der Waals surface area contributed by atoms with Crippen LogP contribution < -0.4 is 21.3 Å². The van der Waals surface area contributed by atoms with Gasteiger partial charge in [-0.2, -0.15) is 0 Å². The molecule has 0 unspecified atom stereocenters. The van der Waals surface area contributed by atoms with Crippen LogP contribution in [0.2, 0.25) is 0 Å². The van der Waals surface area contributed by atoms with Crippen LogP contribution in [-0.2, 0) is 7.05 Å². The molecule has 0 bridgehead atoms. The van der Waals surface area contributed by atoms with Gasteiger partial charge in [0.05, 0.1) is 0 Å². The van der Waals surface area contributed by atoms with Gasteiger partial charge in [-0.15, -0.1) is 0 Å². The number of ether oxygens (including phenoxy) is 1. The maximum Gasteiger partial charge on any atom is 0.328 e. The van der Waals surface area contributed by atoms with E-state index >= 15 is 0 Å². The van der Waals surface area contributed by atoms with E-state index in [4.69, 9.17) is 4.74 Å². The number of aromatic nitrogens is 2. The van der Waals surface area contributed by atoms with Crippen LogP contribution in [0, 0.1) is 0 Å². The van der Waals surface area contributed by atoms with Gasteiger partial charge in [0.25, 0.3) is 11.5 Å². The quantitative estimate of drug-likeness (QED) is 0.762. The lowest BCUT2D eigenvalue weighted by molar-refractivity contribution is 0.102. The predicted molar refractivity (Wildman–Crippen MR) is 93.2 cm³/mol.